The van der Waals surface area contributed by atoms with Gasteiger partial charge in [0.1, 0.15) is 11.6 Å². The summed E-state index contributed by atoms with van der Waals surface area (Å²) < 4.78 is 41.3. The Labute approximate surface area is 166 Å². The van der Waals surface area contributed by atoms with E-state index in [2.05, 4.69) is 15.3 Å². The maximum atomic E-state index is 13.1. The van der Waals surface area contributed by atoms with Gasteiger partial charge in [0.05, 0.1) is 10.9 Å². The van der Waals surface area contributed by atoms with Gasteiger partial charge in [0.2, 0.25) is 0 Å². The number of rotatable bonds is 3. The fraction of sp³-hybridized carbons (Fsp3) is 0.182. The number of fused-ring (bicyclic) bond motifs is 1. The van der Waals surface area contributed by atoms with E-state index in [0.717, 1.165) is 34.5 Å². The molecule has 0 amide bonds. The van der Waals surface area contributed by atoms with Crippen LogP contribution in [-0.2, 0) is 6.18 Å². The lowest BCUT2D eigenvalue weighted by Crippen LogP contribution is -2.06. The van der Waals surface area contributed by atoms with Crippen molar-refractivity contribution in [3.05, 3.63) is 77.2 Å². The molecule has 0 fully saturated rings. The number of alkyl halides is 3. The molecule has 0 unspecified atom stereocenters. The second kappa shape index (κ2) is 6.92. The molecule has 2 aromatic heterocycles. The minimum atomic E-state index is -4.41. The third kappa shape index (κ3) is 3.44. The largest absolute Gasteiger partial charge is 0.416 e. The molecule has 0 saturated carbocycles. The molecule has 7 heteroatoms. The molecular formula is C22H19F3N4. The maximum Gasteiger partial charge on any atom is 0.416 e. The Morgan fingerprint density at radius 3 is 2.31 bits per heavy atom. The number of nitrogens with zero attached hydrogens (tertiary/aromatic N) is 3. The van der Waals surface area contributed by atoms with E-state index < -0.39 is 11.7 Å². The van der Waals surface area contributed by atoms with Gasteiger partial charge in [-0.1, -0.05) is 24.3 Å². The average Bonchev–Trinajstić information content (AvgIpc) is 2.92. The molecule has 0 radical (unpaired) electrons. The molecule has 0 aliphatic carbocycles. The van der Waals surface area contributed by atoms with Crippen LogP contribution in [0.15, 0.2) is 54.6 Å². The van der Waals surface area contributed by atoms with Gasteiger partial charge in [0.15, 0.2) is 5.65 Å². The topological polar surface area (TPSA) is 42.7 Å². The third-order valence-electron chi connectivity index (χ3n) is 4.93. The van der Waals surface area contributed by atoms with Crippen LogP contribution in [0.25, 0.3) is 16.7 Å². The van der Waals surface area contributed by atoms with Crippen molar-refractivity contribution in [2.75, 3.05) is 5.32 Å². The highest BCUT2D eigenvalue weighted by atomic mass is 19.4. The lowest BCUT2D eigenvalue weighted by atomic mass is 10.1. The van der Waals surface area contributed by atoms with Crippen molar-refractivity contribution in [3.63, 3.8) is 0 Å². The van der Waals surface area contributed by atoms with Crippen LogP contribution in [-0.4, -0.2) is 14.5 Å². The Kier molecular flexibility index (Phi) is 4.53. The van der Waals surface area contributed by atoms with Crippen LogP contribution < -0.4 is 5.32 Å². The zero-order valence-corrected chi connectivity index (χ0v) is 16.2. The summed E-state index contributed by atoms with van der Waals surface area (Å²) in [4.78, 5) is 9.11. The number of hydrogen-bond donors (Lipinski definition) is 1. The number of benzene rings is 2. The molecule has 0 aliphatic heterocycles. The molecule has 2 heterocycles. The number of aromatic nitrogens is 3. The standard InChI is InChI=1S/C22H19F3N4/c1-13-14(2)29(18-10-5-4-6-11-18)21-19(13)20(26-15(3)27-21)28-17-9-7-8-16(12-17)22(23,24)25/h4-12H,1-3H3,(H,26,27,28). The number of nitrogens with one attached hydrogen (secondary N) is 1. The molecule has 29 heavy (non-hydrogen) atoms. The van der Waals surface area contributed by atoms with E-state index in [-0.39, 0.29) is 0 Å². The van der Waals surface area contributed by atoms with Crippen molar-refractivity contribution in [1.82, 2.24) is 14.5 Å². The third-order valence-corrected chi connectivity index (χ3v) is 4.93. The first kappa shape index (κ1) is 19.0. The van der Waals surface area contributed by atoms with Gasteiger partial charge in [-0.25, -0.2) is 9.97 Å². The highest BCUT2D eigenvalue weighted by molar-refractivity contribution is 5.94. The molecule has 4 nitrogen and oxygen atoms in total. The minimum absolute atomic E-state index is 0.323. The smallest absolute Gasteiger partial charge is 0.340 e. The van der Waals surface area contributed by atoms with Crippen LogP contribution in [0, 0.1) is 20.8 Å². The van der Waals surface area contributed by atoms with Crippen LogP contribution in [0.4, 0.5) is 24.7 Å². The Morgan fingerprint density at radius 1 is 0.897 bits per heavy atom. The second-order valence-corrected chi connectivity index (χ2v) is 6.90. The summed E-state index contributed by atoms with van der Waals surface area (Å²) in [6, 6.07) is 14.9. The SMILES string of the molecule is Cc1nc(Nc2cccc(C(F)(F)F)c2)c2c(C)c(C)n(-c3ccccc3)c2n1. The van der Waals surface area contributed by atoms with Gasteiger partial charge < -0.3 is 5.32 Å². The first-order valence-electron chi connectivity index (χ1n) is 9.11. The summed E-state index contributed by atoms with van der Waals surface area (Å²) in [7, 11) is 0. The van der Waals surface area contributed by atoms with Gasteiger partial charge >= 0.3 is 6.18 Å². The fourth-order valence-electron chi connectivity index (χ4n) is 3.47. The molecular weight excluding hydrogens is 377 g/mol. The summed E-state index contributed by atoms with van der Waals surface area (Å²) in [6.45, 7) is 5.73. The van der Waals surface area contributed by atoms with Crippen molar-refractivity contribution in [1.29, 1.82) is 0 Å². The highest BCUT2D eigenvalue weighted by Gasteiger charge is 2.30. The number of aryl methyl sites for hydroxylation is 2. The van der Waals surface area contributed by atoms with Crippen LogP contribution in [0.3, 0.4) is 0 Å². The average molecular weight is 396 g/mol. The quantitative estimate of drug-likeness (QED) is 0.454. The van der Waals surface area contributed by atoms with Crippen molar-refractivity contribution < 1.29 is 13.2 Å². The van der Waals surface area contributed by atoms with Crippen LogP contribution >= 0.6 is 0 Å². The lowest BCUT2D eigenvalue weighted by molar-refractivity contribution is -0.137. The predicted molar refractivity (Wildman–Crippen MR) is 108 cm³/mol. The van der Waals surface area contributed by atoms with Crippen LogP contribution in [0.5, 0.6) is 0 Å². The van der Waals surface area contributed by atoms with Crippen LogP contribution in [0.2, 0.25) is 0 Å². The first-order chi connectivity index (χ1) is 13.8. The van der Waals surface area contributed by atoms with Crippen molar-refractivity contribution in [2.45, 2.75) is 26.9 Å². The summed E-state index contributed by atoms with van der Waals surface area (Å²) in [5, 5.41) is 3.86. The van der Waals surface area contributed by atoms with Gasteiger partial charge in [0, 0.05) is 17.1 Å². The Morgan fingerprint density at radius 2 is 1.62 bits per heavy atom. The van der Waals surface area contributed by atoms with Crippen molar-refractivity contribution >= 4 is 22.5 Å². The first-order valence-corrected chi connectivity index (χ1v) is 9.11. The fourth-order valence-corrected chi connectivity index (χ4v) is 3.47. The molecule has 4 aromatic rings. The zero-order chi connectivity index (χ0) is 20.8. The molecule has 0 atom stereocenters. The molecule has 0 saturated heterocycles. The monoisotopic (exact) mass is 396 g/mol. The van der Waals surface area contributed by atoms with Crippen LogP contribution in [0.1, 0.15) is 22.6 Å². The molecule has 4 rings (SSSR count). The Bertz CT molecular complexity index is 1190. The zero-order valence-electron chi connectivity index (χ0n) is 16.2. The lowest BCUT2D eigenvalue weighted by Gasteiger charge is -2.12. The van der Waals surface area contributed by atoms with Gasteiger partial charge in [-0.05, 0) is 56.7 Å². The van der Waals surface area contributed by atoms with E-state index in [4.69, 9.17) is 0 Å². The second-order valence-electron chi connectivity index (χ2n) is 6.90. The maximum absolute atomic E-state index is 13.1. The van der Waals surface area contributed by atoms with Crippen molar-refractivity contribution in [2.24, 2.45) is 0 Å². The van der Waals surface area contributed by atoms with E-state index in [1.165, 1.54) is 6.07 Å². The highest BCUT2D eigenvalue weighted by Crippen LogP contribution is 2.35. The number of anilines is 2. The molecule has 1 N–H and O–H groups in total. The number of halogens is 3. The van der Waals surface area contributed by atoms with Gasteiger partial charge in [0.25, 0.3) is 0 Å². The number of para-hydroxylation sites is 1. The molecule has 0 bridgehead atoms. The molecule has 2 aromatic carbocycles. The molecule has 0 aliphatic rings. The van der Waals surface area contributed by atoms with Crippen molar-refractivity contribution in [3.8, 4) is 5.69 Å². The molecule has 148 valence electrons. The number of hydrogen-bond acceptors (Lipinski definition) is 3. The van der Waals surface area contributed by atoms with E-state index in [1.54, 1.807) is 13.0 Å². The predicted octanol–water partition coefficient (Wildman–Crippen LogP) is 6.11. The summed E-state index contributed by atoms with van der Waals surface area (Å²) in [5.74, 6) is 1.02. The van der Waals surface area contributed by atoms with E-state index in [1.807, 2.05) is 48.7 Å². The molecule has 0 spiro atoms. The summed E-state index contributed by atoms with van der Waals surface area (Å²) >= 11 is 0. The summed E-state index contributed by atoms with van der Waals surface area (Å²) in [5.41, 5.74) is 3.26. The van der Waals surface area contributed by atoms with E-state index >= 15 is 0 Å². The summed E-state index contributed by atoms with van der Waals surface area (Å²) in [6.07, 6.45) is -4.41. The van der Waals surface area contributed by atoms with E-state index in [0.29, 0.717) is 23.0 Å². The minimum Gasteiger partial charge on any atom is -0.340 e. The Hall–Kier alpha value is -3.35. The van der Waals surface area contributed by atoms with Gasteiger partial charge in [-0.2, -0.15) is 13.2 Å². The van der Waals surface area contributed by atoms with Gasteiger partial charge in [-0.3, -0.25) is 4.57 Å². The normalized spacial score (nSPS) is 11.8. The van der Waals surface area contributed by atoms with Gasteiger partial charge in [-0.15, -0.1) is 0 Å². The Balaban J connectivity index is 1.89. The van der Waals surface area contributed by atoms with E-state index in [9.17, 15) is 13.2 Å².